The van der Waals surface area contributed by atoms with E-state index in [0.29, 0.717) is 0 Å². The molecule has 0 spiro atoms. The molecule has 3 nitrogen and oxygen atoms in total. The molecule has 23 heavy (non-hydrogen) atoms. The first-order chi connectivity index (χ1) is 10.8. The van der Waals surface area contributed by atoms with Crippen LogP contribution in [-0.2, 0) is 6.54 Å². The highest BCUT2D eigenvalue weighted by Gasteiger charge is 2.31. The Morgan fingerprint density at radius 1 is 1.17 bits per heavy atom. The number of benzene rings is 1. The second kappa shape index (κ2) is 5.96. The summed E-state index contributed by atoms with van der Waals surface area (Å²) in [5, 5.41) is 4.13. The van der Waals surface area contributed by atoms with Gasteiger partial charge in [0.25, 0.3) is 0 Å². The Morgan fingerprint density at radius 2 is 1.87 bits per heavy atom. The lowest BCUT2D eigenvalue weighted by Gasteiger charge is -2.40. The summed E-state index contributed by atoms with van der Waals surface area (Å²) in [4.78, 5) is 2.20. The van der Waals surface area contributed by atoms with Crippen molar-refractivity contribution >= 4 is 17.3 Å². The Bertz CT molecular complexity index is 700. The van der Waals surface area contributed by atoms with E-state index in [4.69, 9.17) is 12.2 Å². The molecule has 2 aromatic rings. The summed E-state index contributed by atoms with van der Waals surface area (Å²) in [6, 6.07) is 10.9. The largest absolute Gasteiger partial charge is 0.358 e. The Morgan fingerprint density at radius 3 is 2.52 bits per heavy atom. The van der Waals surface area contributed by atoms with Crippen molar-refractivity contribution in [2.24, 2.45) is 0 Å². The van der Waals surface area contributed by atoms with Crippen molar-refractivity contribution < 1.29 is 4.39 Å². The molecule has 1 aliphatic rings. The highest BCUT2D eigenvalue weighted by molar-refractivity contribution is 7.80. The molecule has 0 saturated heterocycles. The molecule has 0 fully saturated rings. The number of hydrogen-bond acceptors (Lipinski definition) is 1. The fraction of sp³-hybridized carbons (Fsp3) is 0.389. The maximum atomic E-state index is 13.3. The van der Waals surface area contributed by atoms with Gasteiger partial charge in [-0.25, -0.2) is 4.39 Å². The van der Waals surface area contributed by atoms with E-state index in [0.717, 1.165) is 23.8 Å². The molecule has 5 heteroatoms. The number of fused-ring (bicyclic) bond motifs is 1. The van der Waals surface area contributed by atoms with Crippen molar-refractivity contribution in [3.8, 4) is 0 Å². The lowest BCUT2D eigenvalue weighted by Crippen LogP contribution is -2.52. The average molecular weight is 331 g/mol. The molecule has 0 aliphatic carbocycles. The zero-order chi connectivity index (χ0) is 16.6. The van der Waals surface area contributed by atoms with Crippen molar-refractivity contribution in [1.82, 2.24) is 14.8 Å². The Balaban J connectivity index is 1.98. The van der Waals surface area contributed by atoms with Crippen LogP contribution in [0.25, 0.3) is 0 Å². The van der Waals surface area contributed by atoms with Crippen molar-refractivity contribution in [3.63, 3.8) is 0 Å². The highest BCUT2D eigenvalue weighted by atomic mass is 32.1. The minimum atomic E-state index is -0.220. The fourth-order valence-corrected chi connectivity index (χ4v) is 3.49. The van der Waals surface area contributed by atoms with Gasteiger partial charge in [-0.1, -0.05) is 12.1 Å². The van der Waals surface area contributed by atoms with Crippen molar-refractivity contribution in [1.29, 1.82) is 0 Å². The zero-order valence-electron chi connectivity index (χ0n) is 13.7. The zero-order valence-corrected chi connectivity index (χ0v) is 14.5. The molecule has 0 radical (unpaired) electrons. The average Bonchev–Trinajstić information content (AvgIpc) is 2.93. The summed E-state index contributed by atoms with van der Waals surface area (Å²) in [5.41, 5.74) is 2.13. The maximum Gasteiger partial charge on any atom is 0.170 e. The molecule has 122 valence electrons. The molecule has 1 atom stereocenters. The Labute approximate surface area is 142 Å². The van der Waals surface area contributed by atoms with Gasteiger partial charge in [-0.2, -0.15) is 0 Å². The van der Waals surface area contributed by atoms with Gasteiger partial charge >= 0.3 is 0 Å². The van der Waals surface area contributed by atoms with E-state index in [9.17, 15) is 4.39 Å². The maximum absolute atomic E-state index is 13.3. The molecule has 1 aromatic carbocycles. The molecular weight excluding hydrogens is 309 g/mol. The van der Waals surface area contributed by atoms with Crippen molar-refractivity contribution in [3.05, 3.63) is 59.7 Å². The van der Waals surface area contributed by atoms with Crippen LogP contribution in [0, 0.1) is 5.82 Å². The molecule has 3 rings (SSSR count). The van der Waals surface area contributed by atoms with Gasteiger partial charge in [0.2, 0.25) is 0 Å². The van der Waals surface area contributed by atoms with Gasteiger partial charge < -0.3 is 14.8 Å². The van der Waals surface area contributed by atoms with Gasteiger partial charge in [0.15, 0.2) is 5.11 Å². The third-order valence-corrected chi connectivity index (χ3v) is 4.30. The predicted molar refractivity (Wildman–Crippen MR) is 94.9 cm³/mol. The van der Waals surface area contributed by atoms with Crippen LogP contribution < -0.4 is 5.32 Å². The molecule has 2 heterocycles. The first kappa shape index (κ1) is 16.0. The van der Waals surface area contributed by atoms with Crippen LogP contribution in [0.4, 0.5) is 4.39 Å². The van der Waals surface area contributed by atoms with E-state index in [2.05, 4.69) is 53.9 Å². The van der Waals surface area contributed by atoms with Gasteiger partial charge in [-0.3, -0.25) is 0 Å². The van der Waals surface area contributed by atoms with Gasteiger partial charge in [0.05, 0.1) is 6.04 Å². The third-order valence-electron chi connectivity index (χ3n) is 3.97. The van der Waals surface area contributed by atoms with Crippen LogP contribution in [0.2, 0.25) is 0 Å². The number of hydrogen-bond donors (Lipinski definition) is 1. The van der Waals surface area contributed by atoms with Gasteiger partial charge in [-0.15, -0.1) is 0 Å². The lowest BCUT2D eigenvalue weighted by molar-refractivity contribution is 0.278. The van der Waals surface area contributed by atoms with Crippen LogP contribution in [-0.4, -0.2) is 26.7 Å². The Hall–Kier alpha value is -1.88. The SMILES string of the molecule is CC(C)(C)NC(=S)N1CCn2cccc2[C@H]1c1ccc(F)cc1. The summed E-state index contributed by atoms with van der Waals surface area (Å²) in [6.45, 7) is 8.01. The molecule has 0 bridgehead atoms. The number of rotatable bonds is 1. The molecule has 0 unspecified atom stereocenters. The second-order valence-electron chi connectivity index (χ2n) is 6.95. The van der Waals surface area contributed by atoms with Gasteiger partial charge in [0, 0.05) is 30.5 Å². The first-order valence-electron chi connectivity index (χ1n) is 7.84. The molecule has 1 aliphatic heterocycles. The molecule has 0 saturated carbocycles. The van der Waals surface area contributed by atoms with Gasteiger partial charge in [-0.05, 0) is 62.8 Å². The number of nitrogens with one attached hydrogen (secondary N) is 1. The van der Waals surface area contributed by atoms with E-state index >= 15 is 0 Å². The quantitative estimate of drug-likeness (QED) is 0.805. The lowest BCUT2D eigenvalue weighted by atomic mass is 10.00. The summed E-state index contributed by atoms with van der Waals surface area (Å²) in [7, 11) is 0. The third kappa shape index (κ3) is 3.39. The standard InChI is InChI=1S/C18H22FN3S/c1-18(2,3)20-17(23)22-12-11-21-10-4-5-15(21)16(22)13-6-8-14(19)9-7-13/h4-10,16H,11-12H2,1-3H3,(H,20,23)/t16-/m1/s1. The topological polar surface area (TPSA) is 20.2 Å². The van der Waals surface area contributed by atoms with Crippen LogP contribution in [0.15, 0.2) is 42.6 Å². The van der Waals surface area contributed by atoms with Crippen LogP contribution in [0.5, 0.6) is 0 Å². The number of nitrogens with zero attached hydrogens (tertiary/aromatic N) is 2. The van der Waals surface area contributed by atoms with E-state index in [1.54, 1.807) is 0 Å². The van der Waals surface area contributed by atoms with Crippen molar-refractivity contribution in [2.75, 3.05) is 6.54 Å². The van der Waals surface area contributed by atoms with Crippen LogP contribution in [0.1, 0.15) is 38.1 Å². The van der Waals surface area contributed by atoms with E-state index < -0.39 is 0 Å². The van der Waals surface area contributed by atoms with Crippen LogP contribution >= 0.6 is 12.2 Å². The number of halogens is 1. The molecule has 0 amide bonds. The minimum absolute atomic E-state index is 0.00157. The molecular formula is C18H22FN3S. The Kier molecular flexibility index (Phi) is 4.15. The first-order valence-corrected chi connectivity index (χ1v) is 8.25. The second-order valence-corrected chi connectivity index (χ2v) is 7.34. The summed E-state index contributed by atoms with van der Waals surface area (Å²) in [6.07, 6.45) is 2.09. The summed E-state index contributed by atoms with van der Waals surface area (Å²) < 4.78 is 15.6. The molecule has 1 N–H and O–H groups in total. The summed E-state index contributed by atoms with van der Waals surface area (Å²) >= 11 is 5.66. The molecule has 1 aromatic heterocycles. The number of thiocarbonyl (C=S) groups is 1. The minimum Gasteiger partial charge on any atom is -0.358 e. The van der Waals surface area contributed by atoms with E-state index in [-0.39, 0.29) is 17.4 Å². The van der Waals surface area contributed by atoms with Gasteiger partial charge in [0.1, 0.15) is 5.82 Å². The highest BCUT2D eigenvalue weighted by Crippen LogP contribution is 2.32. The monoisotopic (exact) mass is 331 g/mol. The summed E-state index contributed by atoms with van der Waals surface area (Å²) in [5.74, 6) is -0.220. The smallest absolute Gasteiger partial charge is 0.170 e. The fourth-order valence-electron chi connectivity index (χ4n) is 2.99. The normalized spacial score (nSPS) is 17.7. The van der Waals surface area contributed by atoms with E-state index in [1.807, 2.05) is 12.1 Å². The van der Waals surface area contributed by atoms with Crippen LogP contribution in [0.3, 0.4) is 0 Å². The number of aromatic nitrogens is 1. The van der Waals surface area contributed by atoms with Crippen molar-refractivity contribution in [2.45, 2.75) is 38.9 Å². The predicted octanol–water partition coefficient (Wildman–Crippen LogP) is 3.71. The van der Waals surface area contributed by atoms with E-state index in [1.165, 1.54) is 17.8 Å².